The molecule has 5 heteroatoms. The minimum atomic E-state index is -0.345. The highest BCUT2D eigenvalue weighted by atomic mass is 79.9. The van der Waals surface area contributed by atoms with Gasteiger partial charge in [-0.3, -0.25) is 0 Å². The average Bonchev–Trinajstić information content (AvgIpc) is 2.53. The van der Waals surface area contributed by atoms with E-state index in [1.165, 1.54) is 7.11 Å². The lowest BCUT2D eigenvalue weighted by Gasteiger charge is -2.15. The monoisotopic (exact) mass is 378 g/mol. The first kappa shape index (κ1) is 17.3. The topological polar surface area (TPSA) is 44.8 Å². The second kappa shape index (κ2) is 8.02. The van der Waals surface area contributed by atoms with Gasteiger partial charge in [0.25, 0.3) is 0 Å². The van der Waals surface area contributed by atoms with E-state index in [0.717, 1.165) is 22.6 Å². The van der Waals surface area contributed by atoms with E-state index in [0.29, 0.717) is 12.0 Å². The molecule has 2 rings (SSSR count). The summed E-state index contributed by atoms with van der Waals surface area (Å²) >= 11 is 3.52. The smallest absolute Gasteiger partial charge is 0.337 e. The molecular formula is C18H19BrO4. The predicted molar refractivity (Wildman–Crippen MR) is 92.6 cm³/mol. The van der Waals surface area contributed by atoms with Gasteiger partial charge in [0.05, 0.1) is 19.8 Å². The Morgan fingerprint density at radius 3 is 2.57 bits per heavy atom. The normalized spacial score (nSPS) is 11.7. The van der Waals surface area contributed by atoms with Crippen molar-refractivity contribution >= 4 is 21.9 Å². The number of halogens is 1. The summed E-state index contributed by atoms with van der Waals surface area (Å²) in [7, 11) is 3.00. The summed E-state index contributed by atoms with van der Waals surface area (Å²) in [4.78, 5) is 11.6. The van der Waals surface area contributed by atoms with Crippen LogP contribution in [0.15, 0.2) is 42.5 Å². The van der Waals surface area contributed by atoms with Crippen LogP contribution >= 0.6 is 15.9 Å². The third-order valence-corrected chi connectivity index (χ3v) is 3.78. The molecule has 4 nitrogen and oxygen atoms in total. The third-order valence-electron chi connectivity index (χ3n) is 3.27. The fraction of sp³-hybridized carbons (Fsp3) is 0.278. The van der Waals surface area contributed by atoms with Gasteiger partial charge >= 0.3 is 5.97 Å². The van der Waals surface area contributed by atoms with E-state index >= 15 is 0 Å². The molecule has 0 amide bonds. The minimum absolute atomic E-state index is 0.220. The highest BCUT2D eigenvalue weighted by molar-refractivity contribution is 9.09. The molecule has 2 aromatic rings. The zero-order valence-electron chi connectivity index (χ0n) is 13.3. The van der Waals surface area contributed by atoms with Crippen molar-refractivity contribution < 1.29 is 19.0 Å². The maximum atomic E-state index is 11.6. The van der Waals surface area contributed by atoms with E-state index in [-0.39, 0.29) is 11.0 Å². The SMILES string of the molecule is COC(=O)c1cccc(CC(Br)Oc2cc(C)cc(OC)c2)c1. The first-order chi connectivity index (χ1) is 11.0. The van der Waals surface area contributed by atoms with Crippen LogP contribution in [0.3, 0.4) is 0 Å². The maximum Gasteiger partial charge on any atom is 0.337 e. The number of ether oxygens (including phenoxy) is 3. The molecule has 0 spiro atoms. The standard InChI is InChI=1S/C18H19BrO4/c1-12-7-15(21-2)11-16(8-12)23-17(19)10-13-5-4-6-14(9-13)18(20)22-3/h4-9,11,17H,10H2,1-3H3. The zero-order valence-corrected chi connectivity index (χ0v) is 14.9. The first-order valence-electron chi connectivity index (χ1n) is 7.15. The van der Waals surface area contributed by atoms with Gasteiger partial charge in [-0.2, -0.15) is 0 Å². The van der Waals surface area contributed by atoms with Crippen LogP contribution < -0.4 is 9.47 Å². The lowest BCUT2D eigenvalue weighted by molar-refractivity contribution is 0.0600. The number of methoxy groups -OCH3 is 2. The summed E-state index contributed by atoms with van der Waals surface area (Å²) in [5.41, 5.74) is 2.57. The van der Waals surface area contributed by atoms with Crippen LogP contribution in [-0.2, 0) is 11.2 Å². The molecule has 0 aliphatic heterocycles. The molecule has 0 aromatic heterocycles. The van der Waals surface area contributed by atoms with Crippen molar-refractivity contribution in [1.29, 1.82) is 0 Å². The maximum absolute atomic E-state index is 11.6. The Hall–Kier alpha value is -2.01. The Balaban J connectivity index is 2.06. The third kappa shape index (κ3) is 4.99. The Morgan fingerprint density at radius 2 is 1.87 bits per heavy atom. The summed E-state index contributed by atoms with van der Waals surface area (Å²) in [6, 6.07) is 13.0. The van der Waals surface area contributed by atoms with Gasteiger partial charge in [-0.25, -0.2) is 4.79 Å². The summed E-state index contributed by atoms with van der Waals surface area (Å²) < 4.78 is 15.9. The van der Waals surface area contributed by atoms with Gasteiger partial charge in [-0.1, -0.05) is 12.1 Å². The Morgan fingerprint density at radius 1 is 1.13 bits per heavy atom. The fourth-order valence-corrected chi connectivity index (χ4v) is 2.81. The van der Waals surface area contributed by atoms with E-state index in [4.69, 9.17) is 14.2 Å². The van der Waals surface area contributed by atoms with Crippen molar-refractivity contribution in [3.05, 3.63) is 59.2 Å². The number of carbonyl (C=O) groups excluding carboxylic acids is 1. The zero-order chi connectivity index (χ0) is 16.8. The Kier molecular flexibility index (Phi) is 6.04. The van der Waals surface area contributed by atoms with E-state index < -0.39 is 0 Å². The van der Waals surface area contributed by atoms with Crippen LogP contribution in [0.2, 0.25) is 0 Å². The molecule has 0 bridgehead atoms. The number of benzene rings is 2. The molecule has 0 saturated heterocycles. The molecule has 1 atom stereocenters. The summed E-state index contributed by atoms with van der Waals surface area (Å²) in [5, 5.41) is -0.220. The van der Waals surface area contributed by atoms with Gasteiger partial charge in [0, 0.05) is 12.5 Å². The number of aryl methyl sites for hydroxylation is 1. The molecule has 0 fully saturated rings. The van der Waals surface area contributed by atoms with Gasteiger partial charge in [-0.15, -0.1) is 0 Å². The Labute approximate surface area is 144 Å². The molecule has 0 aliphatic rings. The molecular weight excluding hydrogens is 360 g/mol. The molecule has 0 aliphatic carbocycles. The number of rotatable bonds is 6. The molecule has 2 aromatic carbocycles. The van der Waals surface area contributed by atoms with Crippen LogP contribution in [0.1, 0.15) is 21.5 Å². The molecule has 0 N–H and O–H groups in total. The quantitative estimate of drug-likeness (QED) is 0.559. The van der Waals surface area contributed by atoms with Crippen molar-refractivity contribution in [2.24, 2.45) is 0 Å². The lowest BCUT2D eigenvalue weighted by Crippen LogP contribution is -2.12. The van der Waals surface area contributed by atoms with Gasteiger partial charge in [0.1, 0.15) is 11.5 Å². The average molecular weight is 379 g/mol. The Bertz CT molecular complexity index is 684. The second-order valence-electron chi connectivity index (χ2n) is 5.11. The first-order valence-corrected chi connectivity index (χ1v) is 8.07. The number of alkyl halides is 1. The van der Waals surface area contributed by atoms with Crippen molar-refractivity contribution in [3.63, 3.8) is 0 Å². The van der Waals surface area contributed by atoms with Crippen LogP contribution in [0.5, 0.6) is 11.5 Å². The molecule has 23 heavy (non-hydrogen) atoms. The number of hydrogen-bond acceptors (Lipinski definition) is 4. The summed E-state index contributed by atoms with van der Waals surface area (Å²) in [6.07, 6.45) is 0.612. The van der Waals surface area contributed by atoms with Crippen molar-refractivity contribution in [2.75, 3.05) is 14.2 Å². The fourth-order valence-electron chi connectivity index (χ4n) is 2.22. The highest BCUT2D eigenvalue weighted by Gasteiger charge is 2.11. The largest absolute Gasteiger partial charge is 0.497 e. The van der Waals surface area contributed by atoms with Crippen LogP contribution in [0, 0.1) is 6.92 Å². The van der Waals surface area contributed by atoms with E-state index in [1.54, 1.807) is 19.2 Å². The van der Waals surface area contributed by atoms with Crippen LogP contribution in [0.4, 0.5) is 0 Å². The van der Waals surface area contributed by atoms with Gasteiger partial charge in [-0.05, 0) is 58.2 Å². The second-order valence-corrected chi connectivity index (χ2v) is 6.13. The van der Waals surface area contributed by atoms with Crippen LogP contribution in [-0.4, -0.2) is 25.2 Å². The molecule has 0 radical (unpaired) electrons. The summed E-state index contributed by atoms with van der Waals surface area (Å²) in [6.45, 7) is 1.98. The molecule has 0 saturated carbocycles. The van der Waals surface area contributed by atoms with Gasteiger partial charge < -0.3 is 14.2 Å². The van der Waals surface area contributed by atoms with Crippen molar-refractivity contribution in [1.82, 2.24) is 0 Å². The van der Waals surface area contributed by atoms with E-state index in [9.17, 15) is 4.79 Å². The number of carbonyl (C=O) groups is 1. The predicted octanol–water partition coefficient (Wildman–Crippen LogP) is 4.13. The molecule has 122 valence electrons. The van der Waals surface area contributed by atoms with Crippen molar-refractivity contribution in [2.45, 2.75) is 18.4 Å². The van der Waals surface area contributed by atoms with Gasteiger partial charge in [0.15, 0.2) is 5.01 Å². The van der Waals surface area contributed by atoms with E-state index in [1.807, 2.05) is 37.3 Å². The van der Waals surface area contributed by atoms with E-state index in [2.05, 4.69) is 15.9 Å². The van der Waals surface area contributed by atoms with Crippen LogP contribution in [0.25, 0.3) is 0 Å². The molecule has 0 heterocycles. The molecule has 1 unspecified atom stereocenters. The highest BCUT2D eigenvalue weighted by Crippen LogP contribution is 2.25. The van der Waals surface area contributed by atoms with Crippen molar-refractivity contribution in [3.8, 4) is 11.5 Å². The van der Waals surface area contributed by atoms with Gasteiger partial charge in [0.2, 0.25) is 0 Å². The number of hydrogen-bond donors (Lipinski definition) is 0. The minimum Gasteiger partial charge on any atom is -0.497 e. The summed E-state index contributed by atoms with van der Waals surface area (Å²) in [5.74, 6) is 1.14. The number of esters is 1. The lowest BCUT2D eigenvalue weighted by atomic mass is 10.1.